The second kappa shape index (κ2) is 5.77. The summed E-state index contributed by atoms with van der Waals surface area (Å²) in [6.45, 7) is 3.76. The number of rotatable bonds is 3. The fourth-order valence-corrected chi connectivity index (χ4v) is 3.80. The second-order valence-electron chi connectivity index (χ2n) is 5.12. The molecule has 1 N–H and O–H groups in total. The van der Waals surface area contributed by atoms with Crippen LogP contribution in [0.4, 0.5) is 5.69 Å². The molecule has 0 atom stereocenters. The number of nitrogens with zero attached hydrogens (tertiary/aromatic N) is 5. The molecule has 0 saturated carbocycles. The van der Waals surface area contributed by atoms with Gasteiger partial charge in [0.1, 0.15) is 0 Å². The summed E-state index contributed by atoms with van der Waals surface area (Å²) in [6.07, 6.45) is 1.69. The van der Waals surface area contributed by atoms with Crippen molar-refractivity contribution in [3.63, 3.8) is 0 Å². The summed E-state index contributed by atoms with van der Waals surface area (Å²) < 4.78 is 2.66. The third-order valence-electron chi connectivity index (χ3n) is 3.46. The Hall–Kier alpha value is -2.65. The molecule has 1 amide bonds. The first-order valence-corrected chi connectivity index (χ1v) is 8.82. The molecular formula is C15H12N6OS2. The molecule has 120 valence electrons. The fraction of sp³-hybridized carbons (Fsp3) is 0.133. The van der Waals surface area contributed by atoms with Crippen LogP contribution in [0.25, 0.3) is 15.3 Å². The Balaban J connectivity index is 1.61. The van der Waals surface area contributed by atoms with Crippen molar-refractivity contribution in [3.8, 4) is 5.13 Å². The standard InChI is InChI=1S/C15H12N6OS2/c1-8-13(19-20-21(8)15-16-5-6-23-15)14(22)18-10-3-4-12-11(7-10)17-9(2)24-12/h3-7H,1-2H3,(H,18,22). The van der Waals surface area contributed by atoms with E-state index >= 15 is 0 Å². The van der Waals surface area contributed by atoms with Gasteiger partial charge in [-0.25, -0.2) is 9.97 Å². The molecule has 0 spiro atoms. The lowest BCUT2D eigenvalue weighted by molar-refractivity contribution is 0.102. The molecule has 0 fully saturated rings. The smallest absolute Gasteiger partial charge is 0.278 e. The van der Waals surface area contributed by atoms with E-state index in [0.29, 0.717) is 16.5 Å². The maximum Gasteiger partial charge on any atom is 0.278 e. The van der Waals surface area contributed by atoms with E-state index in [1.54, 1.807) is 29.1 Å². The van der Waals surface area contributed by atoms with Crippen molar-refractivity contribution in [2.24, 2.45) is 0 Å². The summed E-state index contributed by atoms with van der Waals surface area (Å²) in [5, 5.41) is 14.4. The molecule has 0 bridgehead atoms. The van der Waals surface area contributed by atoms with Crippen LogP contribution in [0.3, 0.4) is 0 Å². The Morgan fingerprint density at radius 1 is 1.29 bits per heavy atom. The zero-order chi connectivity index (χ0) is 16.7. The molecule has 1 aromatic carbocycles. The SMILES string of the molecule is Cc1nc2cc(NC(=O)c3nnn(-c4nccs4)c3C)ccc2s1. The van der Waals surface area contributed by atoms with Gasteiger partial charge >= 0.3 is 0 Å². The lowest BCUT2D eigenvalue weighted by Gasteiger charge is -2.04. The maximum absolute atomic E-state index is 12.5. The zero-order valence-corrected chi connectivity index (χ0v) is 14.5. The van der Waals surface area contributed by atoms with Gasteiger partial charge in [0.05, 0.1) is 20.9 Å². The second-order valence-corrected chi connectivity index (χ2v) is 7.23. The molecule has 0 saturated heterocycles. The number of thiazole rings is 2. The summed E-state index contributed by atoms with van der Waals surface area (Å²) in [4.78, 5) is 21.1. The van der Waals surface area contributed by atoms with Crippen LogP contribution in [0.1, 0.15) is 21.2 Å². The van der Waals surface area contributed by atoms with Gasteiger partial charge in [0, 0.05) is 17.3 Å². The van der Waals surface area contributed by atoms with Gasteiger partial charge in [-0.2, -0.15) is 4.68 Å². The molecule has 4 rings (SSSR count). The first-order chi connectivity index (χ1) is 11.6. The third-order valence-corrected chi connectivity index (χ3v) is 5.16. The number of hydrogen-bond acceptors (Lipinski definition) is 7. The summed E-state index contributed by atoms with van der Waals surface area (Å²) >= 11 is 3.06. The van der Waals surface area contributed by atoms with Gasteiger partial charge in [0.2, 0.25) is 5.13 Å². The molecule has 3 aromatic heterocycles. The number of nitrogens with one attached hydrogen (secondary N) is 1. The van der Waals surface area contributed by atoms with Crippen LogP contribution >= 0.6 is 22.7 Å². The molecule has 0 aliphatic rings. The predicted molar refractivity (Wildman–Crippen MR) is 94.1 cm³/mol. The van der Waals surface area contributed by atoms with E-state index in [1.807, 2.05) is 30.5 Å². The number of hydrogen-bond donors (Lipinski definition) is 1. The Kier molecular flexibility index (Phi) is 3.58. The van der Waals surface area contributed by atoms with Crippen LogP contribution < -0.4 is 5.32 Å². The highest BCUT2D eigenvalue weighted by Crippen LogP contribution is 2.25. The average molecular weight is 356 g/mol. The Morgan fingerprint density at radius 2 is 2.17 bits per heavy atom. The minimum absolute atomic E-state index is 0.278. The molecule has 9 heteroatoms. The summed E-state index contributed by atoms with van der Waals surface area (Å²) in [6, 6.07) is 5.67. The van der Waals surface area contributed by atoms with Gasteiger partial charge in [0.15, 0.2) is 5.69 Å². The largest absolute Gasteiger partial charge is 0.320 e. The van der Waals surface area contributed by atoms with Crippen LogP contribution in [0.15, 0.2) is 29.8 Å². The highest BCUT2D eigenvalue weighted by Gasteiger charge is 2.18. The van der Waals surface area contributed by atoms with E-state index in [2.05, 4.69) is 25.6 Å². The van der Waals surface area contributed by atoms with Crippen molar-refractivity contribution in [2.75, 3.05) is 5.32 Å². The molecule has 24 heavy (non-hydrogen) atoms. The van der Waals surface area contributed by atoms with Gasteiger partial charge in [-0.05, 0) is 32.0 Å². The molecule has 0 unspecified atom stereocenters. The van der Waals surface area contributed by atoms with Crippen molar-refractivity contribution >= 4 is 44.5 Å². The first kappa shape index (κ1) is 14.9. The van der Waals surface area contributed by atoms with Gasteiger partial charge in [-0.3, -0.25) is 4.79 Å². The average Bonchev–Trinajstić information content (AvgIpc) is 3.25. The summed E-state index contributed by atoms with van der Waals surface area (Å²) in [7, 11) is 0. The normalized spacial score (nSPS) is 11.1. The van der Waals surface area contributed by atoms with E-state index < -0.39 is 0 Å². The lowest BCUT2D eigenvalue weighted by atomic mass is 10.2. The van der Waals surface area contributed by atoms with E-state index in [1.165, 1.54) is 11.3 Å². The van der Waals surface area contributed by atoms with Crippen molar-refractivity contribution in [1.82, 2.24) is 25.0 Å². The van der Waals surface area contributed by atoms with Crippen LogP contribution in [0.2, 0.25) is 0 Å². The number of aryl methyl sites for hydroxylation is 1. The third kappa shape index (κ3) is 2.57. The van der Waals surface area contributed by atoms with E-state index in [-0.39, 0.29) is 11.6 Å². The number of carbonyl (C=O) groups is 1. The number of amides is 1. The van der Waals surface area contributed by atoms with Crippen molar-refractivity contribution in [3.05, 3.63) is 46.2 Å². The van der Waals surface area contributed by atoms with Crippen LogP contribution in [0, 0.1) is 13.8 Å². The van der Waals surface area contributed by atoms with Gasteiger partial charge in [0.25, 0.3) is 5.91 Å². The highest BCUT2D eigenvalue weighted by atomic mass is 32.1. The highest BCUT2D eigenvalue weighted by molar-refractivity contribution is 7.18. The fourth-order valence-electron chi connectivity index (χ4n) is 2.35. The Bertz CT molecular complexity index is 1030. The topological polar surface area (TPSA) is 85.6 Å². The van der Waals surface area contributed by atoms with Crippen molar-refractivity contribution < 1.29 is 4.79 Å². The molecule has 0 aliphatic carbocycles. The number of anilines is 1. The molecule has 7 nitrogen and oxygen atoms in total. The van der Waals surface area contributed by atoms with E-state index in [0.717, 1.165) is 15.2 Å². The Labute approximate surface area is 145 Å². The number of aromatic nitrogens is 5. The molecule has 4 aromatic rings. The molecular weight excluding hydrogens is 344 g/mol. The first-order valence-electron chi connectivity index (χ1n) is 7.12. The zero-order valence-electron chi connectivity index (χ0n) is 12.8. The van der Waals surface area contributed by atoms with Crippen LogP contribution in [0.5, 0.6) is 0 Å². The minimum atomic E-state index is -0.304. The Morgan fingerprint density at radius 3 is 2.96 bits per heavy atom. The summed E-state index contributed by atoms with van der Waals surface area (Å²) in [5.74, 6) is -0.304. The molecule has 3 heterocycles. The van der Waals surface area contributed by atoms with E-state index in [4.69, 9.17) is 0 Å². The van der Waals surface area contributed by atoms with Crippen LogP contribution in [-0.2, 0) is 0 Å². The van der Waals surface area contributed by atoms with Gasteiger partial charge < -0.3 is 5.32 Å². The predicted octanol–water partition coefficient (Wildman–Crippen LogP) is 3.20. The number of fused-ring (bicyclic) bond motifs is 1. The molecule has 0 aliphatic heterocycles. The van der Waals surface area contributed by atoms with Gasteiger partial charge in [-0.1, -0.05) is 5.21 Å². The quantitative estimate of drug-likeness (QED) is 0.609. The van der Waals surface area contributed by atoms with Gasteiger partial charge in [-0.15, -0.1) is 27.8 Å². The van der Waals surface area contributed by atoms with Crippen molar-refractivity contribution in [2.45, 2.75) is 13.8 Å². The van der Waals surface area contributed by atoms with E-state index in [9.17, 15) is 4.79 Å². The number of carbonyl (C=O) groups excluding carboxylic acids is 1. The molecule has 0 radical (unpaired) electrons. The van der Waals surface area contributed by atoms with Crippen LogP contribution in [-0.4, -0.2) is 30.9 Å². The van der Waals surface area contributed by atoms with Crippen molar-refractivity contribution in [1.29, 1.82) is 0 Å². The maximum atomic E-state index is 12.5. The minimum Gasteiger partial charge on any atom is -0.320 e. The monoisotopic (exact) mass is 356 g/mol. The number of benzene rings is 1. The lowest BCUT2D eigenvalue weighted by Crippen LogP contribution is -2.14. The summed E-state index contributed by atoms with van der Waals surface area (Å²) in [5.41, 5.74) is 2.48.